The molecule has 1 aliphatic heterocycles. The minimum Gasteiger partial charge on any atom is -0.308 e. The maximum absolute atomic E-state index is 5.69. The zero-order valence-corrected chi connectivity index (χ0v) is 9.82. The van der Waals surface area contributed by atoms with Crippen LogP contribution in [-0.2, 0) is 0 Å². The summed E-state index contributed by atoms with van der Waals surface area (Å²) in [6.07, 6.45) is 4.11. The molecule has 0 spiro atoms. The Hall–Kier alpha value is -0.0500. The van der Waals surface area contributed by atoms with Crippen molar-refractivity contribution >= 4 is 11.6 Å². The third-order valence-electron chi connectivity index (χ3n) is 2.62. The van der Waals surface area contributed by atoms with Crippen LogP contribution >= 0.6 is 11.6 Å². The number of rotatable bonds is 5. The second-order valence-electron chi connectivity index (χ2n) is 4.16. The third kappa shape index (κ3) is 4.99. The molecule has 1 rings (SSSR count). The van der Waals surface area contributed by atoms with Crippen LogP contribution in [0.4, 0.5) is 0 Å². The number of halogens is 1. The first-order valence-corrected chi connectivity index (χ1v) is 5.85. The van der Waals surface area contributed by atoms with E-state index in [-0.39, 0.29) is 0 Å². The van der Waals surface area contributed by atoms with Crippen LogP contribution in [0.2, 0.25) is 0 Å². The summed E-state index contributed by atoms with van der Waals surface area (Å²) in [6.45, 7) is 10.2. The Morgan fingerprint density at radius 2 is 2.07 bits per heavy atom. The lowest BCUT2D eigenvalue weighted by molar-refractivity contribution is 0.210. The first-order valence-electron chi connectivity index (χ1n) is 5.47. The average molecular weight is 217 g/mol. The van der Waals surface area contributed by atoms with E-state index in [1.807, 2.05) is 0 Å². The Balaban J connectivity index is 2.11. The zero-order chi connectivity index (χ0) is 10.4. The monoisotopic (exact) mass is 216 g/mol. The molecule has 1 aliphatic rings. The second kappa shape index (κ2) is 6.44. The summed E-state index contributed by atoms with van der Waals surface area (Å²) in [4.78, 5) is 2.53. The summed E-state index contributed by atoms with van der Waals surface area (Å²) in [5, 5.41) is 4.05. The van der Waals surface area contributed by atoms with Crippen LogP contribution in [0.3, 0.4) is 0 Å². The zero-order valence-electron chi connectivity index (χ0n) is 9.06. The highest BCUT2D eigenvalue weighted by molar-refractivity contribution is 6.29. The van der Waals surface area contributed by atoms with E-state index in [2.05, 4.69) is 23.7 Å². The Bertz CT molecular complexity index is 176. The van der Waals surface area contributed by atoms with Gasteiger partial charge in [-0.3, -0.25) is 0 Å². The lowest BCUT2D eigenvalue weighted by atomic mass is 10.1. The minimum absolute atomic E-state index is 0.503. The van der Waals surface area contributed by atoms with Gasteiger partial charge in [0.25, 0.3) is 0 Å². The molecule has 0 aliphatic carbocycles. The van der Waals surface area contributed by atoms with Crippen LogP contribution in [-0.4, -0.2) is 37.1 Å². The maximum Gasteiger partial charge on any atom is 0.0310 e. The van der Waals surface area contributed by atoms with Gasteiger partial charge in [0, 0.05) is 24.2 Å². The van der Waals surface area contributed by atoms with Crippen LogP contribution in [0, 0.1) is 0 Å². The van der Waals surface area contributed by atoms with E-state index in [4.69, 9.17) is 11.6 Å². The fourth-order valence-electron chi connectivity index (χ4n) is 1.88. The van der Waals surface area contributed by atoms with E-state index in [9.17, 15) is 0 Å². The SMILES string of the molecule is C=C(Cl)CNC(C)CN1CCCCC1. The molecule has 1 saturated heterocycles. The first-order chi connectivity index (χ1) is 6.68. The topological polar surface area (TPSA) is 15.3 Å². The quantitative estimate of drug-likeness (QED) is 0.758. The largest absolute Gasteiger partial charge is 0.308 e. The van der Waals surface area contributed by atoms with E-state index in [0.717, 1.165) is 13.1 Å². The Morgan fingerprint density at radius 3 is 2.64 bits per heavy atom. The van der Waals surface area contributed by atoms with Gasteiger partial charge in [0.05, 0.1) is 0 Å². The van der Waals surface area contributed by atoms with E-state index < -0.39 is 0 Å². The van der Waals surface area contributed by atoms with Gasteiger partial charge in [0.2, 0.25) is 0 Å². The minimum atomic E-state index is 0.503. The molecule has 0 aromatic rings. The highest BCUT2D eigenvalue weighted by Gasteiger charge is 2.12. The molecule has 1 atom stereocenters. The van der Waals surface area contributed by atoms with Crippen molar-refractivity contribution in [1.29, 1.82) is 0 Å². The van der Waals surface area contributed by atoms with Crippen LogP contribution < -0.4 is 5.32 Å². The van der Waals surface area contributed by atoms with Crippen molar-refractivity contribution < 1.29 is 0 Å². The molecule has 1 unspecified atom stereocenters. The molecule has 0 aromatic heterocycles. The van der Waals surface area contributed by atoms with Crippen molar-refractivity contribution in [3.63, 3.8) is 0 Å². The molecular formula is C11H21ClN2. The van der Waals surface area contributed by atoms with Gasteiger partial charge in [-0.1, -0.05) is 24.6 Å². The maximum atomic E-state index is 5.69. The van der Waals surface area contributed by atoms with Crippen LogP contribution in [0.15, 0.2) is 11.6 Å². The molecule has 1 fully saturated rings. The van der Waals surface area contributed by atoms with E-state index >= 15 is 0 Å². The standard InChI is InChI=1S/C11H21ClN2/c1-10(12)8-13-11(2)9-14-6-4-3-5-7-14/h11,13H,1,3-9H2,2H3. The molecule has 2 nitrogen and oxygen atoms in total. The molecule has 0 amide bonds. The molecular weight excluding hydrogens is 196 g/mol. The molecule has 1 heterocycles. The summed E-state index contributed by atoms with van der Waals surface area (Å²) in [7, 11) is 0. The number of hydrogen-bond acceptors (Lipinski definition) is 2. The van der Waals surface area contributed by atoms with Gasteiger partial charge >= 0.3 is 0 Å². The van der Waals surface area contributed by atoms with Crippen molar-refractivity contribution in [1.82, 2.24) is 10.2 Å². The number of nitrogens with one attached hydrogen (secondary N) is 1. The Kier molecular flexibility index (Phi) is 5.53. The summed E-state index contributed by atoms with van der Waals surface area (Å²) >= 11 is 5.69. The number of likely N-dealkylation sites (tertiary alicyclic amines) is 1. The van der Waals surface area contributed by atoms with Gasteiger partial charge in [0.1, 0.15) is 0 Å². The molecule has 0 aromatic carbocycles. The van der Waals surface area contributed by atoms with Crippen molar-refractivity contribution in [3.8, 4) is 0 Å². The number of nitrogens with zero attached hydrogens (tertiary/aromatic N) is 1. The molecule has 82 valence electrons. The predicted molar refractivity (Wildman–Crippen MR) is 62.7 cm³/mol. The normalized spacial score (nSPS) is 20.7. The highest BCUT2D eigenvalue weighted by atomic mass is 35.5. The van der Waals surface area contributed by atoms with Crippen molar-refractivity contribution in [3.05, 3.63) is 11.6 Å². The summed E-state index contributed by atoms with van der Waals surface area (Å²) < 4.78 is 0. The van der Waals surface area contributed by atoms with Gasteiger partial charge in [-0.25, -0.2) is 0 Å². The molecule has 3 heteroatoms. The van der Waals surface area contributed by atoms with E-state index in [0.29, 0.717) is 11.1 Å². The first kappa shape index (κ1) is 12.0. The average Bonchev–Trinajstić information content (AvgIpc) is 2.16. The number of piperidine rings is 1. The van der Waals surface area contributed by atoms with Crippen LogP contribution in [0.25, 0.3) is 0 Å². The molecule has 0 radical (unpaired) electrons. The van der Waals surface area contributed by atoms with Crippen molar-refractivity contribution in [2.75, 3.05) is 26.2 Å². The predicted octanol–water partition coefficient (Wildman–Crippen LogP) is 2.20. The second-order valence-corrected chi connectivity index (χ2v) is 4.70. The highest BCUT2D eigenvalue weighted by Crippen LogP contribution is 2.08. The molecule has 14 heavy (non-hydrogen) atoms. The third-order valence-corrected chi connectivity index (χ3v) is 2.76. The Morgan fingerprint density at radius 1 is 1.43 bits per heavy atom. The van der Waals surface area contributed by atoms with Gasteiger partial charge in [-0.05, 0) is 32.9 Å². The smallest absolute Gasteiger partial charge is 0.0310 e. The fraction of sp³-hybridized carbons (Fsp3) is 0.818. The Labute approximate surface area is 92.3 Å². The van der Waals surface area contributed by atoms with E-state index in [1.165, 1.54) is 32.4 Å². The summed E-state index contributed by atoms with van der Waals surface area (Å²) in [5.74, 6) is 0. The van der Waals surface area contributed by atoms with Gasteiger partial charge in [-0.15, -0.1) is 0 Å². The van der Waals surface area contributed by atoms with Gasteiger partial charge < -0.3 is 10.2 Å². The van der Waals surface area contributed by atoms with Gasteiger partial charge in [-0.2, -0.15) is 0 Å². The fourth-order valence-corrected chi connectivity index (χ4v) is 1.96. The lowest BCUT2D eigenvalue weighted by Crippen LogP contribution is -2.41. The van der Waals surface area contributed by atoms with Crippen LogP contribution in [0.1, 0.15) is 26.2 Å². The molecule has 1 N–H and O–H groups in total. The van der Waals surface area contributed by atoms with E-state index in [1.54, 1.807) is 0 Å². The number of hydrogen-bond donors (Lipinski definition) is 1. The van der Waals surface area contributed by atoms with Crippen molar-refractivity contribution in [2.24, 2.45) is 0 Å². The molecule has 0 saturated carbocycles. The van der Waals surface area contributed by atoms with Crippen LogP contribution in [0.5, 0.6) is 0 Å². The summed E-state index contributed by atoms with van der Waals surface area (Å²) in [6, 6.07) is 0.503. The van der Waals surface area contributed by atoms with Gasteiger partial charge in [0.15, 0.2) is 0 Å². The molecule has 0 bridgehead atoms. The van der Waals surface area contributed by atoms with Crippen molar-refractivity contribution in [2.45, 2.75) is 32.2 Å². The summed E-state index contributed by atoms with van der Waals surface area (Å²) in [5.41, 5.74) is 0. The lowest BCUT2D eigenvalue weighted by Gasteiger charge is -2.29.